The normalized spacial score (nSPS) is 21.5. The van der Waals surface area contributed by atoms with Crippen LogP contribution in [0.2, 0.25) is 10.0 Å². The average molecular weight is 476 g/mol. The van der Waals surface area contributed by atoms with E-state index in [9.17, 15) is 5.11 Å². The van der Waals surface area contributed by atoms with Crippen LogP contribution in [0.1, 0.15) is 36.1 Å². The first kappa shape index (κ1) is 22.2. The molecule has 2 aliphatic heterocycles. The molecule has 2 aromatic rings. The van der Waals surface area contributed by atoms with Gasteiger partial charge < -0.3 is 20.2 Å². The van der Waals surface area contributed by atoms with E-state index in [1.165, 1.54) is 24.1 Å². The number of fused-ring (bicyclic) bond motifs is 1. The molecule has 0 saturated carbocycles. The van der Waals surface area contributed by atoms with E-state index < -0.39 is 0 Å². The summed E-state index contributed by atoms with van der Waals surface area (Å²) in [4.78, 5) is 14.6. The summed E-state index contributed by atoms with van der Waals surface area (Å²) < 4.78 is 0. The van der Waals surface area contributed by atoms with E-state index in [4.69, 9.17) is 33.2 Å². The van der Waals surface area contributed by atoms with E-state index in [0.717, 1.165) is 69.3 Å². The summed E-state index contributed by atoms with van der Waals surface area (Å²) in [5, 5.41) is 14.1. The Morgan fingerprint density at radius 2 is 1.94 bits per heavy atom. The smallest absolute Gasteiger partial charge is 0.227 e. The van der Waals surface area contributed by atoms with Crippen molar-refractivity contribution in [1.29, 1.82) is 0 Å². The van der Waals surface area contributed by atoms with Gasteiger partial charge >= 0.3 is 0 Å². The second kappa shape index (κ2) is 9.72. The Morgan fingerprint density at radius 1 is 1.06 bits per heavy atom. The van der Waals surface area contributed by atoms with Crippen LogP contribution in [0.15, 0.2) is 18.2 Å². The number of nitrogens with zero attached hydrogens (tertiary/aromatic N) is 4. The number of β-amino-alcohol motifs (C(OH)–C–C–N with tert-alkyl or cyclic N) is 1. The Balaban J connectivity index is 1.26. The number of nitrogens with one attached hydrogen (secondary N) is 1. The van der Waals surface area contributed by atoms with E-state index >= 15 is 0 Å². The number of likely N-dealkylation sites (tertiary alicyclic amines) is 1. The summed E-state index contributed by atoms with van der Waals surface area (Å²) in [5.74, 6) is 3.21. The molecule has 0 amide bonds. The van der Waals surface area contributed by atoms with Gasteiger partial charge in [0.05, 0.1) is 12.3 Å². The first-order valence-corrected chi connectivity index (χ1v) is 12.5. The number of hydrogen-bond donors (Lipinski definition) is 2. The first-order chi connectivity index (χ1) is 15.6. The molecule has 0 bridgehead atoms. The zero-order valence-corrected chi connectivity index (χ0v) is 19.9. The van der Waals surface area contributed by atoms with Gasteiger partial charge in [-0.1, -0.05) is 29.3 Å². The quantitative estimate of drug-likeness (QED) is 0.630. The van der Waals surface area contributed by atoms with Crippen molar-refractivity contribution in [2.45, 2.75) is 38.6 Å². The second-order valence-electron chi connectivity index (χ2n) is 9.33. The van der Waals surface area contributed by atoms with Crippen LogP contribution in [0.5, 0.6) is 0 Å². The maximum absolute atomic E-state index is 9.27. The van der Waals surface area contributed by atoms with Crippen LogP contribution in [-0.4, -0.2) is 59.3 Å². The van der Waals surface area contributed by atoms with Crippen LogP contribution in [0.4, 0.5) is 11.8 Å². The molecule has 2 saturated heterocycles. The van der Waals surface area contributed by atoms with Gasteiger partial charge in [0.2, 0.25) is 5.95 Å². The Hall–Kier alpha value is -1.60. The summed E-state index contributed by atoms with van der Waals surface area (Å²) in [7, 11) is 0. The molecule has 1 aliphatic carbocycles. The van der Waals surface area contributed by atoms with E-state index in [0.29, 0.717) is 28.4 Å². The number of aryl methyl sites for hydroxylation is 1. The molecule has 32 heavy (non-hydrogen) atoms. The number of piperidine rings is 1. The summed E-state index contributed by atoms with van der Waals surface area (Å²) in [6.07, 6.45) is 5.71. The number of anilines is 2. The number of benzene rings is 1. The minimum atomic E-state index is 0.253. The van der Waals surface area contributed by atoms with Crippen LogP contribution in [0.3, 0.4) is 0 Å². The van der Waals surface area contributed by atoms with E-state index in [-0.39, 0.29) is 6.61 Å². The summed E-state index contributed by atoms with van der Waals surface area (Å²) >= 11 is 12.4. The van der Waals surface area contributed by atoms with Crippen molar-refractivity contribution in [2.24, 2.45) is 11.8 Å². The number of aromatic nitrogens is 2. The van der Waals surface area contributed by atoms with Gasteiger partial charge in [-0.3, -0.25) is 0 Å². The van der Waals surface area contributed by atoms with Gasteiger partial charge in [-0.15, -0.1) is 0 Å². The highest BCUT2D eigenvalue weighted by atomic mass is 35.5. The monoisotopic (exact) mass is 475 g/mol. The van der Waals surface area contributed by atoms with E-state index in [1.807, 2.05) is 12.1 Å². The van der Waals surface area contributed by atoms with Gasteiger partial charge in [0.1, 0.15) is 5.82 Å². The second-order valence-corrected chi connectivity index (χ2v) is 10.2. The minimum absolute atomic E-state index is 0.253. The number of rotatable bonds is 7. The first-order valence-electron chi connectivity index (χ1n) is 11.8. The molecule has 172 valence electrons. The summed E-state index contributed by atoms with van der Waals surface area (Å²) in [6, 6.07) is 5.61. The summed E-state index contributed by atoms with van der Waals surface area (Å²) in [6.45, 7) is 5.95. The molecule has 6 nitrogen and oxygen atoms in total. The molecule has 1 unspecified atom stereocenters. The molecule has 2 fully saturated rings. The van der Waals surface area contributed by atoms with Crippen LogP contribution in [0.25, 0.3) is 0 Å². The van der Waals surface area contributed by atoms with Gasteiger partial charge in [-0.2, -0.15) is 4.98 Å². The molecule has 1 atom stereocenters. The van der Waals surface area contributed by atoms with Crippen molar-refractivity contribution in [3.63, 3.8) is 0 Å². The third-order valence-corrected chi connectivity index (χ3v) is 7.79. The predicted octanol–water partition coefficient (Wildman–Crippen LogP) is 4.02. The zero-order chi connectivity index (χ0) is 22.1. The number of halogens is 2. The lowest BCUT2D eigenvalue weighted by molar-refractivity contribution is 0.101. The lowest BCUT2D eigenvalue weighted by atomic mass is 9.81. The molecule has 0 spiro atoms. The Kier molecular flexibility index (Phi) is 6.74. The molecule has 5 rings (SSSR count). The number of hydrogen-bond acceptors (Lipinski definition) is 6. The fourth-order valence-electron chi connectivity index (χ4n) is 5.35. The van der Waals surface area contributed by atoms with Gasteiger partial charge in [0.25, 0.3) is 0 Å². The molecular formula is C24H31Cl2N5O. The predicted molar refractivity (Wildman–Crippen MR) is 130 cm³/mol. The van der Waals surface area contributed by atoms with Gasteiger partial charge in [0.15, 0.2) is 0 Å². The highest BCUT2D eigenvalue weighted by Gasteiger charge is 2.37. The van der Waals surface area contributed by atoms with Crippen LogP contribution in [-0.2, 0) is 19.4 Å². The van der Waals surface area contributed by atoms with Crippen molar-refractivity contribution in [1.82, 2.24) is 14.9 Å². The molecule has 3 heterocycles. The Bertz CT molecular complexity index is 964. The third kappa shape index (κ3) is 4.69. The molecule has 1 aromatic heterocycles. The van der Waals surface area contributed by atoms with E-state index in [1.54, 1.807) is 6.07 Å². The van der Waals surface area contributed by atoms with Crippen molar-refractivity contribution in [2.75, 3.05) is 49.5 Å². The van der Waals surface area contributed by atoms with Crippen molar-refractivity contribution in [3.8, 4) is 0 Å². The van der Waals surface area contributed by atoms with Gasteiger partial charge in [-0.05, 0) is 68.2 Å². The van der Waals surface area contributed by atoms with Crippen molar-refractivity contribution >= 4 is 35.0 Å². The SMILES string of the molecule is OCCN1CCCC(C2CN(c3nc4c(c(NCc5ccc(Cl)cc5Cl)n3)CCC4)C2)C1. The highest BCUT2D eigenvalue weighted by molar-refractivity contribution is 6.35. The topological polar surface area (TPSA) is 64.5 Å². The lowest BCUT2D eigenvalue weighted by Crippen LogP contribution is -2.54. The molecule has 2 N–H and O–H groups in total. The van der Waals surface area contributed by atoms with E-state index in [2.05, 4.69) is 15.1 Å². The molecular weight excluding hydrogens is 445 g/mol. The highest BCUT2D eigenvalue weighted by Crippen LogP contribution is 2.35. The number of aliphatic hydroxyl groups excluding tert-OH is 1. The third-order valence-electron chi connectivity index (χ3n) is 7.20. The van der Waals surface area contributed by atoms with Crippen LogP contribution >= 0.6 is 23.2 Å². The maximum Gasteiger partial charge on any atom is 0.227 e. The molecule has 8 heteroatoms. The zero-order valence-electron chi connectivity index (χ0n) is 18.4. The fourth-order valence-corrected chi connectivity index (χ4v) is 5.82. The Labute approximate surface area is 199 Å². The summed E-state index contributed by atoms with van der Waals surface area (Å²) in [5.41, 5.74) is 3.45. The van der Waals surface area contributed by atoms with Crippen LogP contribution in [0, 0.1) is 11.8 Å². The van der Waals surface area contributed by atoms with Crippen LogP contribution < -0.4 is 10.2 Å². The Morgan fingerprint density at radius 3 is 2.75 bits per heavy atom. The largest absolute Gasteiger partial charge is 0.395 e. The standard InChI is InChI=1S/C24H31Cl2N5O/c25-19-7-6-16(21(26)11-19)12-27-23-20-4-1-5-22(20)28-24(29-23)31-14-18(15-31)17-3-2-8-30(13-17)9-10-32/h6-7,11,17-18,32H,1-5,8-10,12-15H2,(H,27,28,29). The minimum Gasteiger partial charge on any atom is -0.395 e. The van der Waals surface area contributed by atoms with Gasteiger partial charge in [0, 0.05) is 48.3 Å². The lowest BCUT2D eigenvalue weighted by Gasteiger charge is -2.46. The van der Waals surface area contributed by atoms with Crippen molar-refractivity contribution < 1.29 is 5.11 Å². The number of aliphatic hydroxyl groups is 1. The molecule has 3 aliphatic rings. The molecule has 0 radical (unpaired) electrons. The maximum atomic E-state index is 9.27. The fraction of sp³-hybridized carbons (Fsp3) is 0.583. The average Bonchev–Trinajstić information content (AvgIpc) is 3.21. The molecule has 1 aromatic carbocycles. The van der Waals surface area contributed by atoms with Gasteiger partial charge in [-0.25, -0.2) is 4.98 Å². The van der Waals surface area contributed by atoms with Crippen molar-refractivity contribution in [3.05, 3.63) is 45.1 Å².